The summed E-state index contributed by atoms with van der Waals surface area (Å²) >= 11 is 0. The number of imide groups is 1. The molecule has 1 atom stereocenters. The van der Waals surface area contributed by atoms with Crippen LogP contribution in [-0.2, 0) is 14.3 Å². The van der Waals surface area contributed by atoms with E-state index in [0.717, 1.165) is 0 Å². The Morgan fingerprint density at radius 2 is 2.21 bits per heavy atom. The van der Waals surface area contributed by atoms with Gasteiger partial charge in [0.15, 0.2) is 0 Å². The van der Waals surface area contributed by atoms with Crippen molar-refractivity contribution in [3.8, 4) is 0 Å². The summed E-state index contributed by atoms with van der Waals surface area (Å²) in [6.07, 6.45) is 0.329. The Bertz CT molecular complexity index is 230. The number of hydrogen-bond donors (Lipinski definition) is 1. The summed E-state index contributed by atoms with van der Waals surface area (Å²) in [5, 5.41) is 0. The molecular formula is C9H16N2O3. The monoisotopic (exact) mass is 200 g/mol. The second kappa shape index (κ2) is 5.07. The fourth-order valence-electron chi connectivity index (χ4n) is 1.42. The third-order valence-electron chi connectivity index (χ3n) is 2.19. The number of nitrogens with two attached hydrogens (primary N) is 1. The average molecular weight is 200 g/mol. The summed E-state index contributed by atoms with van der Waals surface area (Å²) in [4.78, 5) is 24.0. The Morgan fingerprint density at radius 3 is 2.71 bits per heavy atom. The zero-order chi connectivity index (χ0) is 10.6. The van der Waals surface area contributed by atoms with Crippen LogP contribution in [-0.4, -0.2) is 43.0 Å². The van der Waals surface area contributed by atoms with Crippen molar-refractivity contribution in [1.29, 1.82) is 0 Å². The van der Waals surface area contributed by atoms with Gasteiger partial charge in [-0.2, -0.15) is 0 Å². The normalized spacial score (nSPS) is 22.1. The molecule has 0 radical (unpaired) electrons. The molecule has 0 aromatic carbocycles. The average Bonchev–Trinajstić information content (AvgIpc) is 2.38. The second-order valence-electron chi connectivity index (χ2n) is 3.39. The van der Waals surface area contributed by atoms with Crippen molar-refractivity contribution in [3.63, 3.8) is 0 Å². The first-order valence-electron chi connectivity index (χ1n) is 4.79. The van der Waals surface area contributed by atoms with Gasteiger partial charge in [0, 0.05) is 18.9 Å². The molecule has 1 unspecified atom stereocenters. The number of carbonyl (C=O) groups excluding carboxylic acids is 2. The first-order valence-corrected chi connectivity index (χ1v) is 4.79. The SMILES string of the molecule is CC1CC(=O)N(CCOCCN)C1=O. The Morgan fingerprint density at radius 1 is 1.50 bits per heavy atom. The van der Waals surface area contributed by atoms with Crippen LogP contribution in [0, 0.1) is 5.92 Å². The smallest absolute Gasteiger partial charge is 0.232 e. The maximum absolute atomic E-state index is 11.4. The van der Waals surface area contributed by atoms with Gasteiger partial charge >= 0.3 is 0 Å². The van der Waals surface area contributed by atoms with Gasteiger partial charge in [0.1, 0.15) is 0 Å². The molecule has 2 N–H and O–H groups in total. The molecule has 1 rings (SSSR count). The van der Waals surface area contributed by atoms with Gasteiger partial charge in [-0.3, -0.25) is 14.5 Å². The van der Waals surface area contributed by atoms with Gasteiger partial charge in [0.05, 0.1) is 19.8 Å². The summed E-state index contributed by atoms with van der Waals surface area (Å²) in [5.74, 6) is -0.359. The second-order valence-corrected chi connectivity index (χ2v) is 3.39. The molecular weight excluding hydrogens is 184 g/mol. The van der Waals surface area contributed by atoms with Crippen LogP contribution < -0.4 is 5.73 Å². The molecule has 1 heterocycles. The summed E-state index contributed by atoms with van der Waals surface area (Å²) in [7, 11) is 0. The van der Waals surface area contributed by atoms with Crippen LogP contribution in [0.15, 0.2) is 0 Å². The van der Waals surface area contributed by atoms with Crippen LogP contribution in [0.25, 0.3) is 0 Å². The molecule has 1 saturated heterocycles. The summed E-state index contributed by atoms with van der Waals surface area (Å²) in [5.41, 5.74) is 5.23. The number of amides is 2. The van der Waals surface area contributed by atoms with Gasteiger partial charge in [-0.15, -0.1) is 0 Å². The molecule has 80 valence electrons. The first-order chi connectivity index (χ1) is 6.66. The van der Waals surface area contributed by atoms with Crippen molar-refractivity contribution in [2.75, 3.05) is 26.3 Å². The Hall–Kier alpha value is -0.940. The predicted octanol–water partition coefficient (Wildman–Crippen LogP) is -0.643. The van der Waals surface area contributed by atoms with E-state index in [1.54, 1.807) is 6.92 Å². The van der Waals surface area contributed by atoms with Gasteiger partial charge in [0.25, 0.3) is 0 Å². The Kier molecular flexibility index (Phi) is 4.03. The molecule has 0 saturated carbocycles. The molecule has 0 aromatic heterocycles. The van der Waals surface area contributed by atoms with Crippen LogP contribution in [0.1, 0.15) is 13.3 Å². The molecule has 14 heavy (non-hydrogen) atoms. The summed E-state index contributed by atoms with van der Waals surface area (Å²) in [6.45, 7) is 3.41. The first kappa shape index (κ1) is 11.1. The predicted molar refractivity (Wildman–Crippen MR) is 50.4 cm³/mol. The van der Waals surface area contributed by atoms with Crippen LogP contribution >= 0.6 is 0 Å². The quantitative estimate of drug-likeness (QED) is 0.473. The van der Waals surface area contributed by atoms with Gasteiger partial charge in [0.2, 0.25) is 11.8 Å². The van der Waals surface area contributed by atoms with Crippen molar-refractivity contribution >= 4 is 11.8 Å². The van der Waals surface area contributed by atoms with Gasteiger partial charge in [-0.05, 0) is 0 Å². The zero-order valence-corrected chi connectivity index (χ0v) is 8.36. The van der Waals surface area contributed by atoms with Crippen molar-refractivity contribution < 1.29 is 14.3 Å². The van der Waals surface area contributed by atoms with E-state index < -0.39 is 0 Å². The molecule has 0 aliphatic carbocycles. The highest BCUT2D eigenvalue weighted by Crippen LogP contribution is 2.17. The lowest BCUT2D eigenvalue weighted by atomic mass is 10.1. The number of nitrogens with zero attached hydrogens (tertiary/aromatic N) is 1. The van der Waals surface area contributed by atoms with E-state index in [2.05, 4.69) is 0 Å². The number of rotatable bonds is 5. The van der Waals surface area contributed by atoms with Crippen LogP contribution in [0.5, 0.6) is 0 Å². The molecule has 1 aliphatic rings. The molecule has 1 fully saturated rings. The fraction of sp³-hybridized carbons (Fsp3) is 0.778. The van der Waals surface area contributed by atoms with Crippen molar-refractivity contribution in [2.24, 2.45) is 11.7 Å². The molecule has 5 heteroatoms. The third kappa shape index (κ3) is 2.52. The maximum Gasteiger partial charge on any atom is 0.232 e. The van der Waals surface area contributed by atoms with E-state index >= 15 is 0 Å². The van der Waals surface area contributed by atoms with E-state index in [4.69, 9.17) is 10.5 Å². The minimum Gasteiger partial charge on any atom is -0.378 e. The highest BCUT2D eigenvalue weighted by molar-refractivity contribution is 6.03. The van der Waals surface area contributed by atoms with E-state index in [9.17, 15) is 9.59 Å². The topological polar surface area (TPSA) is 72.6 Å². The van der Waals surface area contributed by atoms with E-state index in [0.29, 0.717) is 32.7 Å². The standard InChI is InChI=1S/C9H16N2O3/c1-7-6-8(12)11(9(7)13)3-5-14-4-2-10/h7H,2-6,10H2,1H3. The largest absolute Gasteiger partial charge is 0.378 e. The summed E-state index contributed by atoms with van der Waals surface area (Å²) in [6, 6.07) is 0. The third-order valence-corrected chi connectivity index (χ3v) is 2.19. The maximum atomic E-state index is 11.4. The van der Waals surface area contributed by atoms with Crippen LogP contribution in [0.4, 0.5) is 0 Å². The van der Waals surface area contributed by atoms with Crippen LogP contribution in [0.2, 0.25) is 0 Å². The molecule has 0 aromatic rings. The lowest BCUT2D eigenvalue weighted by Gasteiger charge is -2.13. The minimum atomic E-state index is -0.169. The van der Waals surface area contributed by atoms with Crippen LogP contribution in [0.3, 0.4) is 0 Å². The molecule has 1 aliphatic heterocycles. The molecule has 5 nitrogen and oxygen atoms in total. The fourth-order valence-corrected chi connectivity index (χ4v) is 1.42. The zero-order valence-electron chi connectivity index (χ0n) is 8.36. The Labute approximate surface area is 83.2 Å². The van der Waals surface area contributed by atoms with Gasteiger partial charge in [-0.25, -0.2) is 0 Å². The number of hydrogen-bond acceptors (Lipinski definition) is 4. The number of likely N-dealkylation sites (tertiary alicyclic amines) is 1. The Balaban J connectivity index is 2.30. The van der Waals surface area contributed by atoms with Crippen molar-refractivity contribution in [2.45, 2.75) is 13.3 Å². The van der Waals surface area contributed by atoms with Gasteiger partial charge in [-0.1, -0.05) is 6.92 Å². The lowest BCUT2D eigenvalue weighted by molar-refractivity contribution is -0.140. The highest BCUT2D eigenvalue weighted by atomic mass is 16.5. The number of ether oxygens (including phenoxy) is 1. The van der Waals surface area contributed by atoms with Crippen molar-refractivity contribution in [3.05, 3.63) is 0 Å². The minimum absolute atomic E-state index is 0.0913. The lowest BCUT2D eigenvalue weighted by Crippen LogP contribution is -2.33. The summed E-state index contributed by atoms with van der Waals surface area (Å²) < 4.78 is 5.11. The molecule has 2 amide bonds. The van der Waals surface area contributed by atoms with Gasteiger partial charge < -0.3 is 10.5 Å². The number of carbonyl (C=O) groups is 2. The van der Waals surface area contributed by atoms with E-state index in [-0.39, 0.29) is 17.7 Å². The van der Waals surface area contributed by atoms with E-state index in [1.807, 2.05) is 0 Å². The molecule has 0 bridgehead atoms. The molecule has 0 spiro atoms. The highest BCUT2D eigenvalue weighted by Gasteiger charge is 2.34. The van der Waals surface area contributed by atoms with Crippen molar-refractivity contribution in [1.82, 2.24) is 4.90 Å². The van der Waals surface area contributed by atoms with E-state index in [1.165, 1.54) is 4.90 Å².